The summed E-state index contributed by atoms with van der Waals surface area (Å²) in [5.41, 5.74) is 9.53. The first-order valence-corrected chi connectivity index (χ1v) is 13.6. The number of hydrogen-bond acceptors (Lipinski definition) is 5. The zero-order chi connectivity index (χ0) is 26.4. The topological polar surface area (TPSA) is 81.5 Å². The minimum atomic E-state index is -0.689. The van der Waals surface area contributed by atoms with E-state index in [1.54, 1.807) is 0 Å². The molecule has 0 saturated heterocycles. The van der Waals surface area contributed by atoms with Gasteiger partial charge in [0.05, 0.1) is 12.5 Å². The summed E-state index contributed by atoms with van der Waals surface area (Å²) >= 11 is 0. The van der Waals surface area contributed by atoms with Crippen molar-refractivity contribution < 1.29 is 19.4 Å². The van der Waals surface area contributed by atoms with Crippen LogP contribution in [0.25, 0.3) is 0 Å². The average molecular weight is 511 g/mol. The molecule has 3 aliphatic carbocycles. The molecule has 0 aliphatic heterocycles. The Morgan fingerprint density at radius 1 is 1.08 bits per heavy atom. The van der Waals surface area contributed by atoms with Gasteiger partial charge in [-0.3, -0.25) is 4.79 Å². The summed E-state index contributed by atoms with van der Waals surface area (Å²) in [5, 5.41) is 9.34. The van der Waals surface area contributed by atoms with Gasteiger partial charge in [-0.05, 0) is 78.8 Å². The molecule has 4 atom stereocenters. The van der Waals surface area contributed by atoms with Crippen LogP contribution in [0, 0.1) is 18.8 Å². The van der Waals surface area contributed by atoms with E-state index in [0.29, 0.717) is 30.9 Å². The number of ether oxygens (including phenoxy) is 2. The van der Waals surface area contributed by atoms with Gasteiger partial charge in [0, 0.05) is 42.3 Å². The fourth-order valence-corrected chi connectivity index (χ4v) is 6.43. The molecule has 6 nitrogen and oxygen atoms in total. The number of pyridine rings is 2. The van der Waals surface area contributed by atoms with E-state index in [4.69, 9.17) is 14.5 Å². The fraction of sp³-hybridized carbons (Fsp3) is 0.406. The Hall–Kier alpha value is -3.67. The molecule has 6 rings (SSSR count). The summed E-state index contributed by atoms with van der Waals surface area (Å²) in [6.45, 7) is 9.06. The van der Waals surface area contributed by atoms with Gasteiger partial charge in [0.25, 0.3) is 0 Å². The van der Waals surface area contributed by atoms with Crippen LogP contribution in [0.2, 0.25) is 0 Å². The molecule has 3 aromatic rings. The molecule has 196 valence electrons. The molecule has 1 N–H and O–H groups in total. The van der Waals surface area contributed by atoms with Crippen LogP contribution < -0.4 is 9.47 Å². The first-order valence-electron chi connectivity index (χ1n) is 13.6. The molecule has 1 aromatic carbocycles. The molecule has 38 heavy (non-hydrogen) atoms. The molecule has 6 heteroatoms. The Bertz CT molecular complexity index is 1410. The van der Waals surface area contributed by atoms with E-state index in [9.17, 15) is 9.90 Å². The Morgan fingerprint density at radius 2 is 1.95 bits per heavy atom. The van der Waals surface area contributed by atoms with E-state index in [2.05, 4.69) is 42.8 Å². The molecule has 0 spiro atoms. The second-order valence-electron chi connectivity index (χ2n) is 11.1. The number of benzene rings is 1. The molecular formula is C32H34N2O4. The maximum atomic E-state index is 11.4. The van der Waals surface area contributed by atoms with E-state index in [1.807, 2.05) is 25.3 Å². The molecule has 3 aliphatic rings. The molecule has 0 bridgehead atoms. The minimum absolute atomic E-state index is 0.136. The van der Waals surface area contributed by atoms with Crippen LogP contribution in [-0.2, 0) is 24.2 Å². The van der Waals surface area contributed by atoms with Crippen molar-refractivity contribution in [2.24, 2.45) is 11.8 Å². The van der Waals surface area contributed by atoms with Crippen LogP contribution in [0.5, 0.6) is 11.8 Å². The van der Waals surface area contributed by atoms with Gasteiger partial charge < -0.3 is 14.6 Å². The monoisotopic (exact) mass is 510 g/mol. The molecule has 0 radical (unpaired) electrons. The summed E-state index contributed by atoms with van der Waals surface area (Å²) in [5.74, 6) is 1.03. The van der Waals surface area contributed by atoms with Gasteiger partial charge in [-0.2, -0.15) is 0 Å². The quantitative estimate of drug-likeness (QED) is 0.348. The molecule has 2 aromatic heterocycles. The van der Waals surface area contributed by atoms with Crippen LogP contribution in [0.1, 0.15) is 77.1 Å². The number of aromatic nitrogens is 2. The van der Waals surface area contributed by atoms with Gasteiger partial charge in [-0.15, -0.1) is 6.58 Å². The van der Waals surface area contributed by atoms with Crippen molar-refractivity contribution in [3.8, 4) is 11.8 Å². The average Bonchev–Trinajstić information content (AvgIpc) is 3.49. The third-order valence-corrected chi connectivity index (χ3v) is 8.43. The van der Waals surface area contributed by atoms with Crippen molar-refractivity contribution in [2.75, 3.05) is 6.61 Å². The number of aliphatic carboxylic acids is 1. The Balaban J connectivity index is 1.15. The third kappa shape index (κ3) is 4.68. The number of rotatable bonds is 9. The van der Waals surface area contributed by atoms with E-state index < -0.39 is 5.97 Å². The van der Waals surface area contributed by atoms with E-state index in [1.165, 1.54) is 22.3 Å². The van der Waals surface area contributed by atoms with E-state index in [0.717, 1.165) is 54.5 Å². The standard InChI is InChI=1S/C32H34N2O4/c1-18(2)11-12-37-28-10-9-23(19(3)34-28)24-6-4-5-21-8-7-20(13-25(21)24)17-38-29-15-22-14-26-30(27(22)16-33-29)31(26)32(35)36/h7-10,13,15-16,24,26,30-31H,1,4-6,11-12,14,17H2,2-3H3,(H,35,36). The van der Waals surface area contributed by atoms with Crippen molar-refractivity contribution in [3.63, 3.8) is 0 Å². The highest BCUT2D eigenvalue weighted by Gasteiger charge is 2.59. The first kappa shape index (κ1) is 24.7. The smallest absolute Gasteiger partial charge is 0.307 e. The highest BCUT2D eigenvalue weighted by molar-refractivity contribution is 5.77. The molecule has 1 saturated carbocycles. The number of fused-ring (bicyclic) bond motifs is 4. The summed E-state index contributed by atoms with van der Waals surface area (Å²) in [6.07, 6.45) is 6.81. The van der Waals surface area contributed by atoms with Crippen LogP contribution in [0.4, 0.5) is 0 Å². The van der Waals surface area contributed by atoms with Crippen molar-refractivity contribution in [1.82, 2.24) is 9.97 Å². The number of hydrogen-bond donors (Lipinski definition) is 1. The summed E-state index contributed by atoms with van der Waals surface area (Å²) < 4.78 is 11.9. The predicted octanol–water partition coefficient (Wildman–Crippen LogP) is 6.15. The summed E-state index contributed by atoms with van der Waals surface area (Å²) in [7, 11) is 0. The maximum absolute atomic E-state index is 11.4. The van der Waals surface area contributed by atoms with Crippen LogP contribution in [0.3, 0.4) is 0 Å². The zero-order valence-electron chi connectivity index (χ0n) is 22.1. The molecule has 0 amide bonds. The van der Waals surface area contributed by atoms with Crippen LogP contribution in [0.15, 0.2) is 54.7 Å². The lowest BCUT2D eigenvalue weighted by molar-refractivity contribution is -0.139. The molecular weight excluding hydrogens is 476 g/mol. The Labute approximate surface area is 223 Å². The van der Waals surface area contributed by atoms with Gasteiger partial charge in [-0.1, -0.05) is 29.8 Å². The van der Waals surface area contributed by atoms with Crippen molar-refractivity contribution in [3.05, 3.63) is 93.8 Å². The van der Waals surface area contributed by atoms with Gasteiger partial charge >= 0.3 is 5.97 Å². The minimum Gasteiger partial charge on any atom is -0.481 e. The van der Waals surface area contributed by atoms with E-state index in [-0.39, 0.29) is 17.8 Å². The van der Waals surface area contributed by atoms with Crippen molar-refractivity contribution >= 4 is 5.97 Å². The second kappa shape index (κ2) is 9.90. The normalized spacial score (nSPS) is 22.7. The highest BCUT2D eigenvalue weighted by Crippen LogP contribution is 2.61. The molecule has 2 heterocycles. The maximum Gasteiger partial charge on any atom is 0.307 e. The predicted molar refractivity (Wildman–Crippen MR) is 145 cm³/mol. The summed E-state index contributed by atoms with van der Waals surface area (Å²) in [4.78, 5) is 20.6. The third-order valence-electron chi connectivity index (χ3n) is 8.43. The number of carbonyl (C=O) groups is 1. The number of aryl methyl sites for hydroxylation is 2. The fourth-order valence-electron chi connectivity index (χ4n) is 6.43. The summed E-state index contributed by atoms with van der Waals surface area (Å²) in [6, 6.07) is 12.9. The van der Waals surface area contributed by atoms with Crippen LogP contribution >= 0.6 is 0 Å². The molecule has 4 unspecified atom stereocenters. The largest absolute Gasteiger partial charge is 0.481 e. The second-order valence-corrected chi connectivity index (χ2v) is 11.1. The van der Waals surface area contributed by atoms with Crippen molar-refractivity contribution in [2.45, 2.75) is 64.4 Å². The number of nitrogens with zero attached hydrogens (tertiary/aromatic N) is 2. The van der Waals surface area contributed by atoms with Gasteiger partial charge in [0.15, 0.2) is 0 Å². The number of carboxylic acid groups (broad SMARTS) is 1. The molecule has 1 fully saturated rings. The highest BCUT2D eigenvalue weighted by atomic mass is 16.5. The van der Waals surface area contributed by atoms with Gasteiger partial charge in [0.1, 0.15) is 6.61 Å². The lowest BCUT2D eigenvalue weighted by atomic mass is 9.78. The lowest BCUT2D eigenvalue weighted by Crippen LogP contribution is -2.14. The van der Waals surface area contributed by atoms with Crippen molar-refractivity contribution in [1.29, 1.82) is 0 Å². The Morgan fingerprint density at radius 3 is 2.74 bits per heavy atom. The lowest BCUT2D eigenvalue weighted by Gasteiger charge is -2.27. The Kier molecular flexibility index (Phi) is 6.42. The van der Waals surface area contributed by atoms with Crippen LogP contribution in [-0.4, -0.2) is 27.7 Å². The first-order chi connectivity index (χ1) is 18.4. The number of carboxylic acids is 1. The SMILES string of the molecule is C=C(C)CCOc1ccc(C2CCCc3ccc(COc4cc5c(cn4)C4C(C5)C4C(=O)O)cc32)c(C)n1. The zero-order valence-corrected chi connectivity index (χ0v) is 22.1. The van der Waals surface area contributed by atoms with Gasteiger partial charge in [-0.25, -0.2) is 9.97 Å². The van der Waals surface area contributed by atoms with E-state index >= 15 is 0 Å². The van der Waals surface area contributed by atoms with Gasteiger partial charge in [0.2, 0.25) is 11.8 Å².